The number of hydrogen-bond acceptors (Lipinski definition) is 4. The van der Waals surface area contributed by atoms with Crippen molar-refractivity contribution < 1.29 is 9.53 Å². The molecule has 0 unspecified atom stereocenters. The maximum absolute atomic E-state index is 12.8. The molecule has 1 heterocycles. The van der Waals surface area contributed by atoms with E-state index in [-0.39, 0.29) is 5.57 Å². The molecule has 0 aliphatic heterocycles. The third-order valence-electron chi connectivity index (χ3n) is 5.39. The topological polar surface area (TPSA) is 79.9 Å². The number of amides is 1. The smallest absolute Gasteiger partial charge is 0.261 e. The average molecular weight is 463 g/mol. The summed E-state index contributed by atoms with van der Waals surface area (Å²) in [7, 11) is 0. The first kappa shape index (κ1) is 23.5. The van der Waals surface area contributed by atoms with Gasteiger partial charge in [0.15, 0.2) is 0 Å². The van der Waals surface area contributed by atoms with Crippen molar-refractivity contribution in [3.05, 3.63) is 108 Å². The maximum atomic E-state index is 12.8. The lowest BCUT2D eigenvalue weighted by atomic mass is 10.1. The molecule has 4 aromatic rings. The van der Waals surface area contributed by atoms with E-state index in [1.807, 2.05) is 104 Å². The predicted molar refractivity (Wildman–Crippen MR) is 137 cm³/mol. The number of para-hydroxylation sites is 1. The van der Waals surface area contributed by atoms with Gasteiger partial charge in [-0.3, -0.25) is 4.79 Å². The zero-order chi connectivity index (χ0) is 24.5. The van der Waals surface area contributed by atoms with Gasteiger partial charge in [0.05, 0.1) is 12.3 Å². The Hall–Kier alpha value is -4.63. The molecule has 35 heavy (non-hydrogen) atoms. The van der Waals surface area contributed by atoms with Crippen LogP contribution in [0.3, 0.4) is 0 Å². The van der Waals surface area contributed by atoms with Crippen molar-refractivity contribution in [3.63, 3.8) is 0 Å². The van der Waals surface area contributed by atoms with E-state index in [9.17, 15) is 10.1 Å². The van der Waals surface area contributed by atoms with Crippen molar-refractivity contribution in [2.24, 2.45) is 0 Å². The zero-order valence-electron chi connectivity index (χ0n) is 19.5. The molecule has 0 radical (unpaired) electrons. The van der Waals surface area contributed by atoms with E-state index in [0.29, 0.717) is 30.8 Å². The summed E-state index contributed by atoms with van der Waals surface area (Å²) in [6, 6.07) is 29.3. The summed E-state index contributed by atoms with van der Waals surface area (Å²) in [6.07, 6.45) is 4.10. The zero-order valence-corrected chi connectivity index (χ0v) is 19.5. The Bertz CT molecular complexity index is 1350. The van der Waals surface area contributed by atoms with Crippen molar-refractivity contribution >= 4 is 12.0 Å². The van der Waals surface area contributed by atoms with E-state index in [2.05, 4.69) is 5.32 Å². The fourth-order valence-electron chi connectivity index (χ4n) is 3.69. The van der Waals surface area contributed by atoms with Gasteiger partial charge in [-0.15, -0.1) is 0 Å². The molecule has 174 valence electrons. The van der Waals surface area contributed by atoms with Crippen LogP contribution in [0.4, 0.5) is 0 Å². The summed E-state index contributed by atoms with van der Waals surface area (Å²) in [5, 5.41) is 17.4. The minimum Gasteiger partial charge on any atom is -0.494 e. The van der Waals surface area contributed by atoms with Crippen molar-refractivity contribution in [2.75, 3.05) is 13.2 Å². The fraction of sp³-hybridized carbons (Fsp3) is 0.138. The molecular weight excluding hydrogens is 436 g/mol. The number of hydrogen-bond donors (Lipinski definition) is 1. The van der Waals surface area contributed by atoms with Crippen LogP contribution in [0.1, 0.15) is 18.1 Å². The van der Waals surface area contributed by atoms with Crippen molar-refractivity contribution in [1.29, 1.82) is 5.26 Å². The van der Waals surface area contributed by atoms with Crippen LogP contribution in [0.5, 0.6) is 5.75 Å². The standard InChI is InChI=1S/C29H26N4O2/c1-2-35-27-15-9-12-23(19-27)28-25(21-33(32-28)26-13-7-4-8-14-26)18-24(20-30)29(34)31-17-16-22-10-5-3-6-11-22/h3-15,18-19,21H,2,16-17H2,1H3,(H,31,34)/b24-18+. The molecular formula is C29H26N4O2. The van der Waals surface area contributed by atoms with Gasteiger partial charge in [0.2, 0.25) is 0 Å². The quantitative estimate of drug-likeness (QED) is 0.274. The van der Waals surface area contributed by atoms with Gasteiger partial charge in [-0.25, -0.2) is 4.68 Å². The van der Waals surface area contributed by atoms with Gasteiger partial charge < -0.3 is 10.1 Å². The second kappa shape index (κ2) is 11.5. The van der Waals surface area contributed by atoms with Crippen molar-refractivity contribution in [2.45, 2.75) is 13.3 Å². The van der Waals surface area contributed by atoms with Crippen LogP contribution in [0, 0.1) is 11.3 Å². The van der Waals surface area contributed by atoms with Crippen molar-refractivity contribution in [1.82, 2.24) is 15.1 Å². The van der Waals surface area contributed by atoms with Crippen LogP contribution in [0.25, 0.3) is 23.0 Å². The molecule has 0 fully saturated rings. The normalized spacial score (nSPS) is 11.0. The molecule has 6 nitrogen and oxygen atoms in total. The number of nitrogens with one attached hydrogen (secondary N) is 1. The number of nitrogens with zero attached hydrogens (tertiary/aromatic N) is 3. The number of ether oxygens (including phenoxy) is 1. The van der Waals surface area contributed by atoms with Crippen LogP contribution >= 0.6 is 0 Å². The number of benzene rings is 3. The van der Waals surface area contributed by atoms with Gasteiger partial charge in [0, 0.05) is 23.9 Å². The first-order chi connectivity index (χ1) is 17.2. The van der Waals surface area contributed by atoms with Crippen LogP contribution in [-0.2, 0) is 11.2 Å². The Labute approximate surface area is 205 Å². The lowest BCUT2D eigenvalue weighted by Crippen LogP contribution is -2.26. The van der Waals surface area contributed by atoms with Crippen molar-refractivity contribution in [3.8, 4) is 28.8 Å². The highest BCUT2D eigenvalue weighted by Gasteiger charge is 2.15. The average Bonchev–Trinajstić information content (AvgIpc) is 3.33. The summed E-state index contributed by atoms with van der Waals surface area (Å²) in [6.45, 7) is 2.92. The molecule has 1 aromatic heterocycles. The highest BCUT2D eigenvalue weighted by Crippen LogP contribution is 2.28. The lowest BCUT2D eigenvalue weighted by Gasteiger charge is -2.06. The third kappa shape index (κ3) is 6.04. The molecule has 0 saturated heterocycles. The Morgan fingerprint density at radius 3 is 2.51 bits per heavy atom. The van der Waals surface area contributed by atoms with E-state index >= 15 is 0 Å². The first-order valence-corrected chi connectivity index (χ1v) is 11.5. The molecule has 1 N–H and O–H groups in total. The molecule has 0 spiro atoms. The van der Waals surface area contributed by atoms with E-state index in [1.165, 1.54) is 0 Å². The van der Waals surface area contributed by atoms with Gasteiger partial charge in [-0.05, 0) is 49.2 Å². The highest BCUT2D eigenvalue weighted by atomic mass is 16.5. The number of rotatable bonds is 9. The molecule has 0 bridgehead atoms. The van der Waals surface area contributed by atoms with Crippen LogP contribution in [0.2, 0.25) is 0 Å². The van der Waals surface area contributed by atoms with E-state index in [1.54, 1.807) is 10.8 Å². The molecule has 0 aliphatic rings. The summed E-state index contributed by atoms with van der Waals surface area (Å²) in [4.78, 5) is 12.8. The Balaban J connectivity index is 1.64. The minimum absolute atomic E-state index is 0.0212. The molecule has 0 atom stereocenters. The highest BCUT2D eigenvalue weighted by molar-refractivity contribution is 6.02. The van der Waals surface area contributed by atoms with E-state index < -0.39 is 5.91 Å². The van der Waals surface area contributed by atoms with E-state index in [0.717, 1.165) is 22.6 Å². The van der Waals surface area contributed by atoms with Gasteiger partial charge in [0.1, 0.15) is 23.1 Å². The molecule has 6 heteroatoms. The van der Waals surface area contributed by atoms with Gasteiger partial charge >= 0.3 is 0 Å². The second-order valence-electron chi connectivity index (χ2n) is 7.84. The van der Waals surface area contributed by atoms with Crippen LogP contribution in [0.15, 0.2) is 96.7 Å². The molecule has 0 saturated carbocycles. The summed E-state index contributed by atoms with van der Waals surface area (Å²) < 4.78 is 7.40. The van der Waals surface area contributed by atoms with Gasteiger partial charge in [0.25, 0.3) is 5.91 Å². The molecule has 0 aliphatic carbocycles. The monoisotopic (exact) mass is 462 g/mol. The maximum Gasteiger partial charge on any atom is 0.261 e. The summed E-state index contributed by atoms with van der Waals surface area (Å²) in [5.74, 6) is 0.318. The number of aromatic nitrogens is 2. The molecule has 4 rings (SSSR count). The predicted octanol–water partition coefficient (Wildman–Crippen LogP) is 5.20. The van der Waals surface area contributed by atoms with Crippen LogP contribution in [-0.4, -0.2) is 28.8 Å². The lowest BCUT2D eigenvalue weighted by molar-refractivity contribution is -0.117. The summed E-state index contributed by atoms with van der Waals surface area (Å²) >= 11 is 0. The Morgan fingerprint density at radius 2 is 1.80 bits per heavy atom. The largest absolute Gasteiger partial charge is 0.494 e. The van der Waals surface area contributed by atoms with E-state index in [4.69, 9.17) is 9.84 Å². The third-order valence-corrected chi connectivity index (χ3v) is 5.39. The van der Waals surface area contributed by atoms with Gasteiger partial charge in [-0.2, -0.15) is 10.4 Å². The number of carbonyl (C=O) groups is 1. The Morgan fingerprint density at radius 1 is 1.06 bits per heavy atom. The SMILES string of the molecule is CCOc1cccc(-c2nn(-c3ccccc3)cc2/C=C(\C#N)C(=O)NCCc2ccccc2)c1. The van der Waals surface area contributed by atoms with Gasteiger partial charge in [-0.1, -0.05) is 60.7 Å². The first-order valence-electron chi connectivity index (χ1n) is 11.5. The van der Waals surface area contributed by atoms with Crippen LogP contribution < -0.4 is 10.1 Å². The fourth-order valence-corrected chi connectivity index (χ4v) is 3.69. The molecule has 3 aromatic carbocycles. The number of nitriles is 1. The minimum atomic E-state index is -0.412. The Kier molecular flexibility index (Phi) is 7.72. The second-order valence-corrected chi connectivity index (χ2v) is 7.84. The summed E-state index contributed by atoms with van der Waals surface area (Å²) in [5.41, 5.74) is 4.17. The molecule has 1 amide bonds. The number of carbonyl (C=O) groups excluding carboxylic acids is 1.